The third-order valence-electron chi connectivity index (χ3n) is 2.46. The Morgan fingerprint density at radius 1 is 1.18 bits per heavy atom. The summed E-state index contributed by atoms with van der Waals surface area (Å²) in [7, 11) is 0. The van der Waals surface area contributed by atoms with Crippen LogP contribution >= 0.6 is 0 Å². The summed E-state index contributed by atoms with van der Waals surface area (Å²) in [6, 6.07) is 2.70. The lowest BCUT2D eigenvalue weighted by atomic mass is 9.95. The van der Waals surface area contributed by atoms with E-state index in [0.29, 0.717) is 6.04 Å². The smallest absolute Gasteiger partial charge is 0.104 e. The van der Waals surface area contributed by atoms with Gasteiger partial charge in [-0.3, -0.25) is 5.32 Å². The summed E-state index contributed by atoms with van der Waals surface area (Å²) < 4.78 is 5.66. The molecule has 0 bridgehead atoms. The zero-order chi connectivity index (χ0) is 13.5. The SMILES string of the molecule is CC(C)NC(C)(C#N)CCCCOC(C)(C)C. The maximum absolute atomic E-state index is 9.18. The summed E-state index contributed by atoms with van der Waals surface area (Å²) >= 11 is 0. The second-order valence-electron chi connectivity index (χ2n) is 6.16. The van der Waals surface area contributed by atoms with Crippen LogP contribution in [0.1, 0.15) is 60.8 Å². The molecule has 17 heavy (non-hydrogen) atoms. The summed E-state index contributed by atoms with van der Waals surface area (Å²) in [5.41, 5.74) is -0.468. The Labute approximate surface area is 107 Å². The van der Waals surface area contributed by atoms with E-state index in [1.165, 1.54) is 0 Å². The highest BCUT2D eigenvalue weighted by Gasteiger charge is 2.23. The van der Waals surface area contributed by atoms with E-state index in [2.05, 4.69) is 46.0 Å². The molecule has 0 amide bonds. The summed E-state index contributed by atoms with van der Waals surface area (Å²) in [4.78, 5) is 0. The minimum atomic E-state index is -0.407. The molecule has 0 aromatic carbocycles. The van der Waals surface area contributed by atoms with Crippen LogP contribution in [0.5, 0.6) is 0 Å². The molecule has 0 radical (unpaired) electrons. The molecule has 0 heterocycles. The van der Waals surface area contributed by atoms with Gasteiger partial charge in [0.2, 0.25) is 0 Å². The van der Waals surface area contributed by atoms with Crippen LogP contribution < -0.4 is 5.32 Å². The largest absolute Gasteiger partial charge is 0.376 e. The van der Waals surface area contributed by atoms with Crippen molar-refractivity contribution < 1.29 is 4.74 Å². The maximum Gasteiger partial charge on any atom is 0.104 e. The summed E-state index contributed by atoms with van der Waals surface area (Å²) in [5, 5.41) is 12.5. The first-order valence-corrected chi connectivity index (χ1v) is 6.51. The number of nitriles is 1. The Bertz CT molecular complexity index is 250. The molecular weight excluding hydrogens is 212 g/mol. The minimum Gasteiger partial charge on any atom is -0.376 e. The molecule has 3 nitrogen and oxygen atoms in total. The van der Waals surface area contributed by atoms with Crippen molar-refractivity contribution >= 4 is 0 Å². The van der Waals surface area contributed by atoms with E-state index < -0.39 is 5.54 Å². The van der Waals surface area contributed by atoms with Gasteiger partial charge in [-0.1, -0.05) is 0 Å². The number of nitrogens with one attached hydrogen (secondary N) is 1. The van der Waals surface area contributed by atoms with Gasteiger partial charge >= 0.3 is 0 Å². The van der Waals surface area contributed by atoms with Crippen molar-refractivity contribution in [2.75, 3.05) is 6.61 Å². The fourth-order valence-electron chi connectivity index (χ4n) is 1.76. The van der Waals surface area contributed by atoms with Crippen LogP contribution in [0.25, 0.3) is 0 Å². The molecule has 0 aliphatic carbocycles. The predicted molar refractivity (Wildman–Crippen MR) is 71.8 cm³/mol. The number of nitrogens with zero attached hydrogens (tertiary/aromatic N) is 1. The van der Waals surface area contributed by atoms with E-state index in [-0.39, 0.29) is 5.60 Å². The van der Waals surface area contributed by atoms with Gasteiger partial charge in [-0.05, 0) is 60.8 Å². The fraction of sp³-hybridized carbons (Fsp3) is 0.929. The van der Waals surface area contributed by atoms with Crippen LogP contribution in [-0.2, 0) is 4.74 Å². The number of rotatable bonds is 7. The molecule has 0 spiro atoms. The Kier molecular flexibility index (Phi) is 6.74. The highest BCUT2D eigenvalue weighted by Crippen LogP contribution is 2.15. The molecule has 0 aliphatic heterocycles. The van der Waals surface area contributed by atoms with Gasteiger partial charge in [-0.25, -0.2) is 0 Å². The average molecular weight is 240 g/mol. The molecule has 1 atom stereocenters. The first-order chi connectivity index (χ1) is 7.68. The van der Waals surface area contributed by atoms with Crippen LogP contribution in [0.3, 0.4) is 0 Å². The Hall–Kier alpha value is -0.590. The molecule has 1 unspecified atom stereocenters. The van der Waals surface area contributed by atoms with Crippen LogP contribution in [0.2, 0.25) is 0 Å². The third kappa shape index (κ3) is 9.14. The van der Waals surface area contributed by atoms with Crippen LogP contribution in [0, 0.1) is 11.3 Å². The van der Waals surface area contributed by atoms with Gasteiger partial charge in [0.15, 0.2) is 0 Å². The summed E-state index contributed by atoms with van der Waals surface area (Å²) in [6.45, 7) is 13.1. The van der Waals surface area contributed by atoms with Crippen LogP contribution in [0.15, 0.2) is 0 Å². The second kappa shape index (κ2) is 6.98. The molecule has 0 rings (SSSR count). The first kappa shape index (κ1) is 16.4. The molecule has 0 aromatic heterocycles. The van der Waals surface area contributed by atoms with Gasteiger partial charge in [-0.2, -0.15) is 5.26 Å². The predicted octanol–water partition coefficient (Wildman–Crippen LogP) is 3.25. The molecule has 0 saturated heterocycles. The van der Waals surface area contributed by atoms with E-state index in [1.807, 2.05) is 6.92 Å². The molecule has 0 aliphatic rings. The Morgan fingerprint density at radius 2 is 1.76 bits per heavy atom. The summed E-state index contributed by atoms with van der Waals surface area (Å²) in [5.74, 6) is 0. The third-order valence-corrected chi connectivity index (χ3v) is 2.46. The highest BCUT2D eigenvalue weighted by atomic mass is 16.5. The van der Waals surface area contributed by atoms with Gasteiger partial charge < -0.3 is 4.74 Å². The molecule has 3 heteroatoms. The molecule has 0 fully saturated rings. The fourth-order valence-corrected chi connectivity index (χ4v) is 1.76. The van der Waals surface area contributed by atoms with Crippen molar-refractivity contribution in [3.05, 3.63) is 0 Å². The normalized spacial score (nSPS) is 15.6. The molecule has 1 N–H and O–H groups in total. The molecular formula is C14H28N2O. The van der Waals surface area contributed by atoms with E-state index in [0.717, 1.165) is 25.9 Å². The minimum absolute atomic E-state index is 0.0608. The number of hydrogen-bond acceptors (Lipinski definition) is 3. The average Bonchev–Trinajstić information content (AvgIpc) is 2.14. The second-order valence-corrected chi connectivity index (χ2v) is 6.16. The van der Waals surface area contributed by atoms with Crippen molar-refractivity contribution in [3.8, 4) is 6.07 Å². The van der Waals surface area contributed by atoms with Gasteiger partial charge in [0.1, 0.15) is 5.54 Å². The van der Waals surface area contributed by atoms with Gasteiger partial charge in [-0.15, -0.1) is 0 Å². The van der Waals surface area contributed by atoms with Gasteiger partial charge in [0.25, 0.3) is 0 Å². The van der Waals surface area contributed by atoms with E-state index in [1.54, 1.807) is 0 Å². The monoisotopic (exact) mass is 240 g/mol. The Morgan fingerprint density at radius 3 is 2.18 bits per heavy atom. The van der Waals surface area contributed by atoms with Crippen LogP contribution in [0.4, 0.5) is 0 Å². The molecule has 100 valence electrons. The topological polar surface area (TPSA) is 45.0 Å². The van der Waals surface area contributed by atoms with Crippen molar-refractivity contribution in [1.29, 1.82) is 5.26 Å². The van der Waals surface area contributed by atoms with Gasteiger partial charge in [0.05, 0.1) is 11.7 Å². The number of ether oxygens (including phenoxy) is 1. The number of hydrogen-bond donors (Lipinski definition) is 1. The summed E-state index contributed by atoms with van der Waals surface area (Å²) in [6.07, 6.45) is 2.89. The molecule has 0 aromatic rings. The van der Waals surface area contributed by atoms with Crippen molar-refractivity contribution in [2.45, 2.75) is 78.0 Å². The van der Waals surface area contributed by atoms with E-state index in [4.69, 9.17) is 4.74 Å². The lowest BCUT2D eigenvalue weighted by Gasteiger charge is -2.26. The van der Waals surface area contributed by atoms with Crippen molar-refractivity contribution in [1.82, 2.24) is 5.32 Å². The standard InChI is InChI=1S/C14H28N2O/c1-12(2)16-14(6,11-15)9-7-8-10-17-13(3,4)5/h12,16H,7-10H2,1-6H3. The highest BCUT2D eigenvalue weighted by molar-refractivity contribution is 5.04. The van der Waals surface area contributed by atoms with Gasteiger partial charge in [0, 0.05) is 12.6 Å². The zero-order valence-corrected chi connectivity index (χ0v) is 12.3. The molecule has 0 saturated carbocycles. The lowest BCUT2D eigenvalue weighted by molar-refractivity contribution is -0.00505. The lowest BCUT2D eigenvalue weighted by Crippen LogP contribution is -2.44. The van der Waals surface area contributed by atoms with Crippen molar-refractivity contribution in [3.63, 3.8) is 0 Å². The first-order valence-electron chi connectivity index (χ1n) is 6.51. The quantitative estimate of drug-likeness (QED) is 0.695. The maximum atomic E-state index is 9.18. The Balaban J connectivity index is 3.82. The van der Waals surface area contributed by atoms with E-state index >= 15 is 0 Å². The van der Waals surface area contributed by atoms with E-state index in [9.17, 15) is 5.26 Å². The van der Waals surface area contributed by atoms with Crippen LogP contribution in [-0.4, -0.2) is 23.8 Å². The number of unbranched alkanes of at least 4 members (excludes halogenated alkanes) is 1. The zero-order valence-electron chi connectivity index (χ0n) is 12.3. The van der Waals surface area contributed by atoms with Crippen molar-refractivity contribution in [2.24, 2.45) is 0 Å².